The van der Waals surface area contributed by atoms with E-state index in [2.05, 4.69) is 15.1 Å². The number of hydrogen-bond acceptors (Lipinski definition) is 10. The van der Waals surface area contributed by atoms with Crippen molar-refractivity contribution >= 4 is 48.6 Å². The normalized spacial score (nSPS) is 22.9. The summed E-state index contributed by atoms with van der Waals surface area (Å²) in [5, 5.41) is 21.1. The topological polar surface area (TPSA) is 142 Å². The van der Waals surface area contributed by atoms with E-state index in [-0.39, 0.29) is 42.7 Å². The molecule has 6 heterocycles. The first kappa shape index (κ1) is 32.4. The molecule has 0 radical (unpaired) electrons. The summed E-state index contributed by atoms with van der Waals surface area (Å²) in [4.78, 5) is 10.8. The Bertz CT molecular complexity index is 2250. The van der Waals surface area contributed by atoms with Gasteiger partial charge in [0.05, 0.1) is 53.5 Å². The van der Waals surface area contributed by atoms with E-state index < -0.39 is 38.6 Å². The van der Waals surface area contributed by atoms with E-state index in [0.29, 0.717) is 71.0 Å². The molecule has 0 amide bonds. The van der Waals surface area contributed by atoms with Gasteiger partial charge in [-0.2, -0.15) is 28.4 Å². The second kappa shape index (κ2) is 11.1. The molecule has 3 aliphatic rings. The Morgan fingerprint density at radius 3 is 2.53 bits per heavy atom. The van der Waals surface area contributed by atoms with Crippen molar-refractivity contribution in [2.24, 2.45) is 14.1 Å². The van der Waals surface area contributed by atoms with Gasteiger partial charge in [0.2, 0.25) is 9.84 Å². The van der Waals surface area contributed by atoms with Gasteiger partial charge in [0, 0.05) is 44.5 Å². The van der Waals surface area contributed by atoms with Gasteiger partial charge in [-0.05, 0) is 56.6 Å². The summed E-state index contributed by atoms with van der Waals surface area (Å²) in [6, 6.07) is 1.20. The van der Waals surface area contributed by atoms with Crippen LogP contribution in [0.25, 0.3) is 44.2 Å². The number of aryl methyl sites for hydroxylation is 2. The molecule has 49 heavy (non-hydrogen) atoms. The molecule has 262 valence electrons. The van der Waals surface area contributed by atoms with Crippen LogP contribution in [-0.4, -0.2) is 92.4 Å². The summed E-state index contributed by atoms with van der Waals surface area (Å²) in [5.74, 6) is -0.0567. The molecule has 0 bridgehead atoms. The van der Waals surface area contributed by atoms with E-state index in [0.717, 1.165) is 19.1 Å². The number of aromatic nitrogens is 7. The van der Waals surface area contributed by atoms with Crippen LogP contribution in [-0.2, 0) is 39.6 Å². The zero-order valence-corrected chi connectivity index (χ0v) is 28.4. The van der Waals surface area contributed by atoms with E-state index >= 15 is 13.2 Å². The number of nitrogens with zero attached hydrogens (tertiary/aromatic N) is 8. The van der Waals surface area contributed by atoms with Gasteiger partial charge in [-0.25, -0.2) is 18.1 Å². The molecule has 3 fully saturated rings. The molecule has 0 spiro atoms. The van der Waals surface area contributed by atoms with Crippen LogP contribution in [0.1, 0.15) is 62.3 Å². The fourth-order valence-electron chi connectivity index (χ4n) is 7.47. The summed E-state index contributed by atoms with van der Waals surface area (Å²) in [5.41, 5.74) is 0.397. The molecular weight excluding hydrogens is 665 g/mol. The first-order chi connectivity index (χ1) is 23.1. The van der Waals surface area contributed by atoms with Crippen molar-refractivity contribution in [2.45, 2.75) is 68.1 Å². The van der Waals surface area contributed by atoms with Gasteiger partial charge in [0.1, 0.15) is 22.8 Å². The summed E-state index contributed by atoms with van der Waals surface area (Å²) < 4.78 is 87.2. The highest BCUT2D eigenvalue weighted by Gasteiger charge is 2.43. The Morgan fingerprint density at radius 2 is 1.86 bits per heavy atom. The second-order valence-electron chi connectivity index (χ2n) is 13.8. The molecule has 1 aliphatic carbocycles. The average Bonchev–Trinajstić information content (AvgIpc) is 3.66. The molecular formula is C32H37F3N8O5S. The Balaban J connectivity index is 1.47. The Kier molecular flexibility index (Phi) is 7.34. The van der Waals surface area contributed by atoms with Crippen LogP contribution in [0.3, 0.4) is 0 Å². The number of β-amino-alcohol motifs (C(OH)–C–C–N with tert-alkyl or cyclic N) is 1. The fraction of sp³-hybridized carbons (Fsp3) is 0.562. The van der Waals surface area contributed by atoms with E-state index in [9.17, 15) is 13.5 Å². The molecule has 1 saturated carbocycles. The Labute approximate surface area is 279 Å². The summed E-state index contributed by atoms with van der Waals surface area (Å²) in [6.07, 6.45) is 1.08. The molecule has 8 rings (SSSR count). The maximum atomic E-state index is 15.0. The molecule has 4 aromatic heterocycles. The standard InChI is InChI=1S/C32H37F3N8O5S/c1-31(44)15-42(10-12-47-16-31)29-24-26-27(40(2)28(24)37-30(38-29)49(4,45)46)25(39-41(26)3)23-18-14-36-43(21-7-5-6-11-48-21)20(18)13-19(32(33,34)35)22(23)17-8-9-17/h13-14,17,21,44H,5-12,15-16H2,1-4H3/t21?,31-/m0/s1. The van der Waals surface area contributed by atoms with Gasteiger partial charge in [-0.1, -0.05) is 0 Å². The monoisotopic (exact) mass is 702 g/mol. The van der Waals surface area contributed by atoms with Crippen LogP contribution in [0.15, 0.2) is 17.4 Å². The predicted octanol–water partition coefficient (Wildman–Crippen LogP) is 4.46. The summed E-state index contributed by atoms with van der Waals surface area (Å²) >= 11 is 0. The van der Waals surface area contributed by atoms with Crippen LogP contribution < -0.4 is 4.90 Å². The third kappa shape index (κ3) is 5.36. The lowest BCUT2D eigenvalue weighted by Gasteiger charge is -2.28. The van der Waals surface area contributed by atoms with Gasteiger partial charge in [0.15, 0.2) is 6.23 Å². The minimum absolute atomic E-state index is 0.0752. The van der Waals surface area contributed by atoms with E-state index in [1.54, 1.807) is 46.0 Å². The summed E-state index contributed by atoms with van der Waals surface area (Å²) in [6.45, 7) is 2.84. The Hall–Kier alpha value is -3.80. The molecule has 1 unspecified atom stereocenters. The van der Waals surface area contributed by atoms with Crippen molar-refractivity contribution < 1.29 is 36.2 Å². The largest absolute Gasteiger partial charge is 0.416 e. The minimum Gasteiger partial charge on any atom is -0.386 e. The number of benzene rings is 1. The number of alkyl halides is 3. The predicted molar refractivity (Wildman–Crippen MR) is 174 cm³/mol. The van der Waals surface area contributed by atoms with Crippen molar-refractivity contribution in [3.63, 3.8) is 0 Å². The number of rotatable bonds is 5. The number of sulfone groups is 1. The minimum atomic E-state index is -4.65. The van der Waals surface area contributed by atoms with Gasteiger partial charge >= 0.3 is 6.18 Å². The SMILES string of the molecule is Cn1nc(-c2c(C3CC3)c(C(F)(F)F)cc3c2cnn3C2CCCCO2)c2c1c1c(N3CCOC[C@@](C)(O)C3)nc(S(C)(=O)=O)nc1n2C. The molecule has 2 saturated heterocycles. The van der Waals surface area contributed by atoms with Crippen molar-refractivity contribution in [2.75, 3.05) is 44.1 Å². The second-order valence-corrected chi connectivity index (χ2v) is 15.7. The molecule has 5 aromatic rings. The first-order valence-corrected chi connectivity index (χ1v) is 18.2. The lowest BCUT2D eigenvalue weighted by atomic mass is 9.91. The van der Waals surface area contributed by atoms with Crippen LogP contribution in [0.5, 0.6) is 0 Å². The average molecular weight is 703 g/mol. The first-order valence-electron chi connectivity index (χ1n) is 16.4. The maximum Gasteiger partial charge on any atom is 0.416 e. The zero-order chi connectivity index (χ0) is 34.6. The van der Waals surface area contributed by atoms with Crippen molar-refractivity contribution in [1.29, 1.82) is 0 Å². The number of fused-ring (bicyclic) bond motifs is 4. The maximum absolute atomic E-state index is 15.0. The molecule has 2 atom stereocenters. The van der Waals surface area contributed by atoms with E-state index in [4.69, 9.17) is 14.6 Å². The quantitative estimate of drug-likeness (QED) is 0.261. The smallest absolute Gasteiger partial charge is 0.386 e. The van der Waals surface area contributed by atoms with Crippen LogP contribution in [0.4, 0.5) is 19.0 Å². The van der Waals surface area contributed by atoms with Crippen LogP contribution in [0, 0.1) is 0 Å². The van der Waals surface area contributed by atoms with Gasteiger partial charge in [0.25, 0.3) is 5.16 Å². The molecule has 2 aliphatic heterocycles. The third-order valence-corrected chi connectivity index (χ3v) is 10.6. The van der Waals surface area contributed by atoms with Gasteiger partial charge in [-0.3, -0.25) is 4.68 Å². The van der Waals surface area contributed by atoms with Crippen molar-refractivity contribution in [3.8, 4) is 11.3 Å². The lowest BCUT2D eigenvalue weighted by molar-refractivity contribution is -0.138. The van der Waals surface area contributed by atoms with E-state index in [1.165, 1.54) is 6.07 Å². The zero-order valence-electron chi connectivity index (χ0n) is 27.6. The number of anilines is 1. The van der Waals surface area contributed by atoms with Gasteiger partial charge in [-0.15, -0.1) is 0 Å². The molecule has 1 N–H and O–H groups in total. The van der Waals surface area contributed by atoms with Crippen molar-refractivity contribution in [3.05, 3.63) is 23.4 Å². The molecule has 1 aromatic carbocycles. The number of ether oxygens (including phenoxy) is 2. The summed E-state index contributed by atoms with van der Waals surface area (Å²) in [7, 11) is -0.506. The lowest BCUT2D eigenvalue weighted by Crippen LogP contribution is -2.42. The number of aliphatic hydroxyl groups is 1. The van der Waals surface area contributed by atoms with Crippen LogP contribution >= 0.6 is 0 Å². The van der Waals surface area contributed by atoms with Gasteiger partial charge < -0.3 is 24.0 Å². The molecule has 13 nitrogen and oxygen atoms in total. The Morgan fingerprint density at radius 1 is 1.08 bits per heavy atom. The van der Waals surface area contributed by atoms with E-state index in [1.807, 2.05) is 0 Å². The highest BCUT2D eigenvalue weighted by Crippen LogP contribution is 2.53. The number of hydrogen-bond donors (Lipinski definition) is 1. The van der Waals surface area contributed by atoms with Crippen LogP contribution in [0.2, 0.25) is 0 Å². The fourth-order valence-corrected chi connectivity index (χ4v) is 7.97. The van der Waals surface area contributed by atoms with Crippen molar-refractivity contribution in [1.82, 2.24) is 34.1 Å². The number of halogens is 3. The molecule has 17 heteroatoms. The third-order valence-electron chi connectivity index (χ3n) is 9.74. The highest BCUT2D eigenvalue weighted by atomic mass is 32.2. The highest BCUT2D eigenvalue weighted by molar-refractivity contribution is 7.90.